The first-order valence-corrected chi connectivity index (χ1v) is 12.6. The number of anilines is 1. The number of hydrogen-bond donors (Lipinski definition) is 2. The van der Waals surface area contributed by atoms with Crippen molar-refractivity contribution in [1.29, 1.82) is 0 Å². The summed E-state index contributed by atoms with van der Waals surface area (Å²) < 4.78 is 7.31. The summed E-state index contributed by atoms with van der Waals surface area (Å²) in [6.45, 7) is 9.76. The maximum atomic E-state index is 12.1. The maximum absolute atomic E-state index is 12.1. The number of hydrogen-bond acceptors (Lipinski definition) is 5. The maximum Gasteiger partial charge on any atom is 0.411 e. The number of piperidine rings is 1. The molecule has 184 valence electrons. The lowest BCUT2D eigenvalue weighted by Crippen LogP contribution is -2.50. The highest BCUT2D eigenvalue weighted by molar-refractivity contribution is 5.69. The van der Waals surface area contributed by atoms with Crippen LogP contribution < -0.4 is 15.5 Å². The summed E-state index contributed by atoms with van der Waals surface area (Å²) in [6, 6.07) is 9.41. The zero-order chi connectivity index (χ0) is 24.1. The number of aromatic nitrogens is 2. The van der Waals surface area contributed by atoms with Crippen LogP contribution in [0.25, 0.3) is 5.69 Å². The van der Waals surface area contributed by atoms with E-state index in [1.807, 2.05) is 44.0 Å². The van der Waals surface area contributed by atoms with Crippen LogP contribution >= 0.6 is 0 Å². The van der Waals surface area contributed by atoms with Gasteiger partial charge in [-0.1, -0.05) is 6.42 Å². The highest BCUT2D eigenvalue weighted by Crippen LogP contribution is 2.26. The number of amides is 1. The molecule has 2 atom stereocenters. The Morgan fingerprint density at radius 1 is 1.12 bits per heavy atom. The predicted octanol–water partition coefficient (Wildman–Crippen LogP) is 5.09. The van der Waals surface area contributed by atoms with E-state index in [2.05, 4.69) is 51.8 Å². The van der Waals surface area contributed by atoms with Gasteiger partial charge >= 0.3 is 6.09 Å². The number of ether oxygens (including phenoxy) is 1. The zero-order valence-corrected chi connectivity index (χ0v) is 21.0. The Labute approximate surface area is 203 Å². The number of nitrogens with zero attached hydrogens (tertiary/aromatic N) is 3. The number of carbonyl (C=O) groups is 1. The van der Waals surface area contributed by atoms with E-state index in [4.69, 9.17) is 4.74 Å². The third-order valence-electron chi connectivity index (χ3n) is 6.48. The molecule has 0 radical (unpaired) electrons. The molecule has 34 heavy (non-hydrogen) atoms. The summed E-state index contributed by atoms with van der Waals surface area (Å²) in [5.41, 5.74) is 4.27. The summed E-state index contributed by atoms with van der Waals surface area (Å²) in [6.07, 6.45) is 12.3. The van der Waals surface area contributed by atoms with E-state index in [0.29, 0.717) is 12.1 Å². The van der Waals surface area contributed by atoms with E-state index in [-0.39, 0.29) is 6.09 Å². The smallest absolute Gasteiger partial charge is 0.411 e. The van der Waals surface area contributed by atoms with Crippen molar-refractivity contribution >= 4 is 11.8 Å². The molecular formula is C27H39N5O2. The third kappa shape index (κ3) is 6.63. The number of benzene rings is 1. The van der Waals surface area contributed by atoms with Gasteiger partial charge in [0.05, 0.1) is 11.9 Å². The second-order valence-corrected chi connectivity index (χ2v) is 10.6. The molecule has 7 nitrogen and oxygen atoms in total. The van der Waals surface area contributed by atoms with E-state index >= 15 is 0 Å². The zero-order valence-electron chi connectivity index (χ0n) is 21.0. The Morgan fingerprint density at radius 3 is 2.59 bits per heavy atom. The topological polar surface area (TPSA) is 71.4 Å². The van der Waals surface area contributed by atoms with Gasteiger partial charge in [0.2, 0.25) is 0 Å². The van der Waals surface area contributed by atoms with Gasteiger partial charge in [0.25, 0.3) is 0 Å². The third-order valence-corrected chi connectivity index (χ3v) is 6.48. The number of rotatable bonds is 5. The van der Waals surface area contributed by atoms with Crippen LogP contribution in [-0.2, 0) is 4.74 Å². The molecule has 1 saturated carbocycles. The summed E-state index contributed by atoms with van der Waals surface area (Å²) in [5.74, 6) is 0. The van der Waals surface area contributed by atoms with Gasteiger partial charge in [0, 0.05) is 43.3 Å². The summed E-state index contributed by atoms with van der Waals surface area (Å²) in [7, 11) is 0. The van der Waals surface area contributed by atoms with Gasteiger partial charge in [-0.3, -0.25) is 5.32 Å². The Balaban J connectivity index is 1.35. The number of carbonyl (C=O) groups excluding carboxylic acids is 1. The Kier molecular flexibility index (Phi) is 7.61. The SMILES string of the molecule is Cc1cnn(-c2ccc(N3CCCC(NC4CCCC/C4=C\NC(=O)OC(C)(C)C)C3)cc2)c1. The average molecular weight is 466 g/mol. The monoisotopic (exact) mass is 465 g/mol. The molecule has 2 aliphatic rings. The van der Waals surface area contributed by atoms with E-state index in [1.165, 1.54) is 36.9 Å². The molecule has 1 aliphatic heterocycles. The number of nitrogens with one attached hydrogen (secondary N) is 2. The van der Waals surface area contributed by atoms with Crippen molar-refractivity contribution in [2.75, 3.05) is 18.0 Å². The van der Waals surface area contributed by atoms with Gasteiger partial charge < -0.3 is 15.0 Å². The summed E-state index contributed by atoms with van der Waals surface area (Å²) in [5, 5.41) is 11.2. The van der Waals surface area contributed by atoms with Crippen molar-refractivity contribution in [2.24, 2.45) is 0 Å². The highest BCUT2D eigenvalue weighted by atomic mass is 16.6. The Bertz CT molecular complexity index is 989. The van der Waals surface area contributed by atoms with Crippen molar-refractivity contribution in [2.45, 2.75) is 83.9 Å². The second kappa shape index (κ2) is 10.6. The first-order valence-electron chi connectivity index (χ1n) is 12.6. The minimum absolute atomic E-state index is 0.305. The van der Waals surface area contributed by atoms with Crippen LogP contribution in [0.4, 0.5) is 10.5 Å². The van der Waals surface area contributed by atoms with Crippen LogP contribution in [0, 0.1) is 6.92 Å². The van der Waals surface area contributed by atoms with E-state index in [9.17, 15) is 4.79 Å². The first-order chi connectivity index (χ1) is 16.3. The molecule has 1 aliphatic carbocycles. The van der Waals surface area contributed by atoms with Gasteiger partial charge in [-0.25, -0.2) is 9.48 Å². The first kappa shape index (κ1) is 24.3. The molecule has 7 heteroatoms. The molecule has 0 bridgehead atoms. The molecule has 1 aromatic carbocycles. The van der Waals surface area contributed by atoms with Crippen molar-refractivity contribution in [3.8, 4) is 5.69 Å². The van der Waals surface area contributed by atoms with E-state index < -0.39 is 5.60 Å². The van der Waals surface area contributed by atoms with E-state index in [0.717, 1.165) is 37.2 Å². The van der Waals surface area contributed by atoms with Gasteiger partial charge in [-0.15, -0.1) is 0 Å². The van der Waals surface area contributed by atoms with Gasteiger partial charge in [-0.2, -0.15) is 5.10 Å². The lowest BCUT2D eigenvalue weighted by molar-refractivity contribution is 0.0551. The Hall–Kier alpha value is -2.80. The fourth-order valence-corrected chi connectivity index (χ4v) is 4.86. The Morgan fingerprint density at radius 2 is 1.88 bits per heavy atom. The van der Waals surface area contributed by atoms with Crippen molar-refractivity contribution < 1.29 is 9.53 Å². The molecule has 1 aromatic heterocycles. The van der Waals surface area contributed by atoms with Gasteiger partial charge in [-0.05, 0) is 95.2 Å². The van der Waals surface area contributed by atoms with Crippen LogP contribution in [0.2, 0.25) is 0 Å². The van der Waals surface area contributed by atoms with Crippen LogP contribution in [0.3, 0.4) is 0 Å². The summed E-state index contributed by atoms with van der Waals surface area (Å²) in [4.78, 5) is 14.6. The molecule has 2 N–H and O–H groups in total. The molecule has 2 heterocycles. The average Bonchev–Trinajstić information content (AvgIpc) is 3.24. The lowest BCUT2D eigenvalue weighted by Gasteiger charge is -2.38. The highest BCUT2D eigenvalue weighted by Gasteiger charge is 2.26. The van der Waals surface area contributed by atoms with Gasteiger partial charge in [0.1, 0.15) is 5.60 Å². The quantitative estimate of drug-likeness (QED) is 0.644. The van der Waals surface area contributed by atoms with Crippen molar-refractivity contribution in [3.05, 3.63) is 54.0 Å². The number of alkyl carbamates (subject to hydrolysis) is 1. The predicted molar refractivity (Wildman–Crippen MR) is 136 cm³/mol. The molecule has 1 amide bonds. The fraction of sp³-hybridized carbons (Fsp3) is 0.556. The molecule has 2 aromatic rings. The molecule has 2 unspecified atom stereocenters. The molecule has 2 fully saturated rings. The van der Waals surface area contributed by atoms with Crippen LogP contribution in [-0.4, -0.2) is 46.6 Å². The number of aryl methyl sites for hydroxylation is 1. The standard InChI is InChI=1S/C27H39N5O2/c1-20-16-29-32(18-20)24-13-11-23(12-14-24)31-15-7-9-22(19-31)30-25-10-6-5-8-21(25)17-28-26(33)34-27(2,3)4/h11-14,16-18,22,25,30H,5-10,15,19H2,1-4H3,(H,28,33)/b21-17+. The molecular weight excluding hydrogens is 426 g/mol. The lowest BCUT2D eigenvalue weighted by atomic mass is 9.89. The second-order valence-electron chi connectivity index (χ2n) is 10.6. The summed E-state index contributed by atoms with van der Waals surface area (Å²) >= 11 is 0. The van der Waals surface area contributed by atoms with Crippen LogP contribution in [0.1, 0.15) is 64.9 Å². The molecule has 0 spiro atoms. The van der Waals surface area contributed by atoms with E-state index in [1.54, 1.807) is 0 Å². The normalized spacial score (nSPS) is 22.6. The van der Waals surface area contributed by atoms with Gasteiger partial charge in [0.15, 0.2) is 0 Å². The van der Waals surface area contributed by atoms with Crippen LogP contribution in [0.15, 0.2) is 48.4 Å². The van der Waals surface area contributed by atoms with Crippen molar-refractivity contribution in [1.82, 2.24) is 20.4 Å². The minimum Gasteiger partial charge on any atom is -0.444 e. The van der Waals surface area contributed by atoms with Crippen molar-refractivity contribution in [3.63, 3.8) is 0 Å². The molecule has 4 rings (SSSR count). The molecule has 1 saturated heterocycles. The fourth-order valence-electron chi connectivity index (χ4n) is 4.86. The largest absolute Gasteiger partial charge is 0.444 e. The van der Waals surface area contributed by atoms with Crippen LogP contribution in [0.5, 0.6) is 0 Å². The minimum atomic E-state index is -0.492.